The number of anilines is 1. The Morgan fingerprint density at radius 1 is 1.43 bits per heavy atom. The van der Waals surface area contributed by atoms with Gasteiger partial charge in [0.15, 0.2) is 5.82 Å². The Hall–Kier alpha value is -2.14. The van der Waals surface area contributed by atoms with Crippen molar-refractivity contribution in [3.05, 3.63) is 47.2 Å². The molecule has 0 aliphatic carbocycles. The van der Waals surface area contributed by atoms with E-state index in [0.29, 0.717) is 5.82 Å². The molecular weight excluding hydrogens is 264 g/mol. The Morgan fingerprint density at radius 3 is 3.14 bits per heavy atom. The molecule has 1 atom stereocenters. The van der Waals surface area contributed by atoms with E-state index in [0.717, 1.165) is 37.1 Å². The van der Waals surface area contributed by atoms with Crippen LogP contribution >= 0.6 is 0 Å². The average molecular weight is 284 g/mol. The van der Waals surface area contributed by atoms with E-state index in [1.807, 2.05) is 24.3 Å². The number of fused-ring (bicyclic) bond motifs is 1. The normalized spacial score (nSPS) is 17.3. The zero-order chi connectivity index (χ0) is 14.7. The molecule has 5 nitrogen and oxygen atoms in total. The number of carbonyl (C=O) groups excluding carboxylic acids is 1. The van der Waals surface area contributed by atoms with Crippen LogP contribution in [0.2, 0.25) is 0 Å². The lowest BCUT2D eigenvalue weighted by Gasteiger charge is -2.25. The van der Waals surface area contributed by atoms with Crippen molar-refractivity contribution in [2.75, 3.05) is 11.9 Å². The summed E-state index contributed by atoms with van der Waals surface area (Å²) in [5, 5.41) is 13.3. The van der Waals surface area contributed by atoms with Gasteiger partial charge in [-0.3, -0.25) is 9.89 Å². The third-order valence-electron chi connectivity index (χ3n) is 3.77. The van der Waals surface area contributed by atoms with Gasteiger partial charge in [0, 0.05) is 18.3 Å². The van der Waals surface area contributed by atoms with Crippen molar-refractivity contribution in [2.24, 2.45) is 0 Å². The number of H-pyrrole nitrogens is 1. The van der Waals surface area contributed by atoms with Gasteiger partial charge in [0.2, 0.25) is 5.91 Å². The number of hydrogen-bond donors (Lipinski definition) is 3. The molecule has 0 saturated carbocycles. The van der Waals surface area contributed by atoms with E-state index >= 15 is 0 Å². The maximum Gasteiger partial charge on any atom is 0.247 e. The van der Waals surface area contributed by atoms with Gasteiger partial charge in [0.05, 0.1) is 0 Å². The maximum atomic E-state index is 12.5. The van der Waals surface area contributed by atoms with Crippen LogP contribution in [0.5, 0.6) is 0 Å². The number of amides is 1. The summed E-state index contributed by atoms with van der Waals surface area (Å²) in [5.74, 6) is 0.532. The minimum absolute atomic E-state index is 0.0586. The highest BCUT2D eigenvalue weighted by molar-refractivity contribution is 5.95. The lowest BCUT2D eigenvalue weighted by molar-refractivity contribution is -0.118. The van der Waals surface area contributed by atoms with Gasteiger partial charge < -0.3 is 10.6 Å². The van der Waals surface area contributed by atoms with Gasteiger partial charge in [0.25, 0.3) is 0 Å². The fourth-order valence-corrected chi connectivity index (χ4v) is 2.76. The van der Waals surface area contributed by atoms with E-state index < -0.39 is 0 Å². The Morgan fingerprint density at radius 2 is 2.29 bits per heavy atom. The van der Waals surface area contributed by atoms with Crippen LogP contribution in [0.3, 0.4) is 0 Å². The van der Waals surface area contributed by atoms with Crippen LogP contribution in [0.1, 0.15) is 36.2 Å². The van der Waals surface area contributed by atoms with E-state index in [-0.39, 0.29) is 11.9 Å². The van der Waals surface area contributed by atoms with Crippen molar-refractivity contribution in [3.8, 4) is 0 Å². The predicted molar refractivity (Wildman–Crippen MR) is 82.1 cm³/mol. The minimum Gasteiger partial charge on any atom is -0.308 e. The molecule has 3 N–H and O–H groups in total. The van der Waals surface area contributed by atoms with Crippen molar-refractivity contribution in [1.29, 1.82) is 0 Å². The van der Waals surface area contributed by atoms with Crippen LogP contribution in [0.4, 0.5) is 5.82 Å². The van der Waals surface area contributed by atoms with Gasteiger partial charge in [-0.15, -0.1) is 0 Å². The van der Waals surface area contributed by atoms with Crippen LogP contribution in [0.25, 0.3) is 0 Å². The summed E-state index contributed by atoms with van der Waals surface area (Å²) < 4.78 is 0. The SMILES string of the molecule is CCCc1cc(NC(=O)C2NCCc3ccccc32)n[nH]1. The monoisotopic (exact) mass is 284 g/mol. The summed E-state index contributed by atoms with van der Waals surface area (Å²) in [7, 11) is 0. The standard InChI is InChI=1S/C16H20N4O/c1-2-5-12-10-14(20-19-12)18-16(21)15-13-7-4-3-6-11(13)8-9-17-15/h3-4,6-7,10,15,17H,2,5,8-9H2,1H3,(H2,18,19,20,21). The maximum absolute atomic E-state index is 12.5. The van der Waals surface area contributed by atoms with Gasteiger partial charge in [-0.05, 0) is 24.0 Å². The minimum atomic E-state index is -0.304. The number of benzene rings is 1. The number of hydrogen-bond acceptors (Lipinski definition) is 3. The number of nitrogens with zero attached hydrogens (tertiary/aromatic N) is 1. The Bertz CT molecular complexity index is 635. The third kappa shape index (κ3) is 2.97. The fraction of sp³-hybridized carbons (Fsp3) is 0.375. The van der Waals surface area contributed by atoms with Gasteiger partial charge in [-0.1, -0.05) is 37.6 Å². The molecule has 0 spiro atoms. The summed E-state index contributed by atoms with van der Waals surface area (Å²) in [6.07, 6.45) is 2.95. The number of aromatic nitrogens is 2. The van der Waals surface area contributed by atoms with Crippen LogP contribution in [0.15, 0.2) is 30.3 Å². The molecule has 1 aromatic heterocycles. The van der Waals surface area contributed by atoms with Crippen molar-refractivity contribution in [3.63, 3.8) is 0 Å². The number of aromatic amines is 1. The second kappa shape index (κ2) is 6.10. The molecule has 1 unspecified atom stereocenters. The Kier molecular flexibility index (Phi) is 4.01. The highest BCUT2D eigenvalue weighted by Gasteiger charge is 2.26. The average Bonchev–Trinajstić information content (AvgIpc) is 2.94. The van der Waals surface area contributed by atoms with Gasteiger partial charge in [-0.2, -0.15) is 5.10 Å². The predicted octanol–water partition coefficient (Wildman–Crippen LogP) is 2.19. The Balaban J connectivity index is 1.74. The van der Waals surface area contributed by atoms with E-state index in [9.17, 15) is 4.79 Å². The topological polar surface area (TPSA) is 69.8 Å². The van der Waals surface area contributed by atoms with E-state index in [1.165, 1.54) is 5.56 Å². The number of nitrogens with one attached hydrogen (secondary N) is 3. The van der Waals surface area contributed by atoms with Crippen LogP contribution < -0.4 is 10.6 Å². The molecule has 110 valence electrons. The number of carbonyl (C=O) groups is 1. The number of aryl methyl sites for hydroxylation is 1. The number of rotatable bonds is 4. The van der Waals surface area contributed by atoms with Crippen molar-refractivity contribution < 1.29 is 4.79 Å². The molecule has 5 heteroatoms. The first-order valence-electron chi connectivity index (χ1n) is 7.44. The zero-order valence-electron chi connectivity index (χ0n) is 12.1. The quantitative estimate of drug-likeness (QED) is 0.806. The van der Waals surface area contributed by atoms with Crippen molar-refractivity contribution in [1.82, 2.24) is 15.5 Å². The molecule has 2 heterocycles. The molecule has 3 rings (SSSR count). The molecule has 0 saturated heterocycles. The molecule has 1 aliphatic heterocycles. The van der Waals surface area contributed by atoms with Gasteiger partial charge >= 0.3 is 0 Å². The molecule has 2 aromatic rings. The largest absolute Gasteiger partial charge is 0.308 e. The van der Waals surface area contributed by atoms with Gasteiger partial charge in [-0.25, -0.2) is 0 Å². The summed E-state index contributed by atoms with van der Waals surface area (Å²) in [4.78, 5) is 12.5. The third-order valence-corrected chi connectivity index (χ3v) is 3.77. The first-order valence-corrected chi connectivity index (χ1v) is 7.44. The van der Waals surface area contributed by atoms with Crippen molar-refractivity contribution in [2.45, 2.75) is 32.2 Å². The summed E-state index contributed by atoms with van der Waals surface area (Å²) in [6.45, 7) is 2.93. The van der Waals surface area contributed by atoms with E-state index in [1.54, 1.807) is 0 Å². The molecule has 0 fully saturated rings. The molecule has 1 aliphatic rings. The first-order chi connectivity index (χ1) is 10.3. The summed E-state index contributed by atoms with van der Waals surface area (Å²) in [5.41, 5.74) is 3.35. The van der Waals surface area contributed by atoms with Gasteiger partial charge in [0.1, 0.15) is 6.04 Å². The zero-order valence-corrected chi connectivity index (χ0v) is 12.1. The lowest BCUT2D eigenvalue weighted by Crippen LogP contribution is -2.38. The molecule has 0 bridgehead atoms. The van der Waals surface area contributed by atoms with E-state index in [2.05, 4.69) is 33.8 Å². The molecular formula is C16H20N4O. The first kappa shape index (κ1) is 13.8. The fourth-order valence-electron chi connectivity index (χ4n) is 2.76. The lowest BCUT2D eigenvalue weighted by atomic mass is 9.94. The summed E-state index contributed by atoms with van der Waals surface area (Å²) >= 11 is 0. The smallest absolute Gasteiger partial charge is 0.247 e. The van der Waals surface area contributed by atoms with Crippen LogP contribution in [0, 0.1) is 0 Å². The summed E-state index contributed by atoms with van der Waals surface area (Å²) in [6, 6.07) is 9.68. The van der Waals surface area contributed by atoms with E-state index in [4.69, 9.17) is 0 Å². The molecule has 1 aromatic carbocycles. The molecule has 0 radical (unpaired) electrons. The molecule has 21 heavy (non-hydrogen) atoms. The Labute approximate surface area is 124 Å². The molecule has 1 amide bonds. The second-order valence-corrected chi connectivity index (χ2v) is 5.35. The van der Waals surface area contributed by atoms with Crippen LogP contribution in [-0.2, 0) is 17.6 Å². The second-order valence-electron chi connectivity index (χ2n) is 5.35. The highest BCUT2D eigenvalue weighted by Crippen LogP contribution is 2.23. The van der Waals surface area contributed by atoms with Crippen LogP contribution in [-0.4, -0.2) is 22.6 Å². The highest BCUT2D eigenvalue weighted by atomic mass is 16.2. The van der Waals surface area contributed by atoms with Crippen molar-refractivity contribution >= 4 is 11.7 Å².